The Bertz CT molecular complexity index is 242. The molecule has 5 nitrogen and oxygen atoms in total. The summed E-state index contributed by atoms with van der Waals surface area (Å²) >= 11 is 0. The number of rotatable bonds is 5. The van der Waals surface area contributed by atoms with Crippen molar-refractivity contribution in [1.29, 1.82) is 0 Å². The van der Waals surface area contributed by atoms with Crippen LogP contribution in [0.25, 0.3) is 0 Å². The summed E-state index contributed by atoms with van der Waals surface area (Å²) in [6, 6.07) is -0.0534. The lowest BCUT2D eigenvalue weighted by Crippen LogP contribution is -2.37. The van der Waals surface area contributed by atoms with Gasteiger partial charge in [0.15, 0.2) is 0 Å². The number of aliphatic hydroxyl groups excluding tert-OH is 1. The zero-order valence-corrected chi connectivity index (χ0v) is 8.69. The summed E-state index contributed by atoms with van der Waals surface area (Å²) in [5.74, 6) is -0.907. The molecule has 15 heavy (non-hydrogen) atoms. The van der Waals surface area contributed by atoms with Crippen molar-refractivity contribution in [3.05, 3.63) is 0 Å². The van der Waals surface area contributed by atoms with Gasteiger partial charge >= 0.3 is 5.97 Å². The fourth-order valence-corrected chi connectivity index (χ4v) is 1.89. The maximum Gasteiger partial charge on any atom is 0.303 e. The summed E-state index contributed by atoms with van der Waals surface area (Å²) in [7, 11) is 0. The van der Waals surface area contributed by atoms with Crippen LogP contribution in [0.4, 0.5) is 0 Å². The summed E-state index contributed by atoms with van der Waals surface area (Å²) in [5, 5.41) is 17.4. The van der Waals surface area contributed by atoms with Crippen molar-refractivity contribution in [2.24, 2.45) is 0 Å². The Morgan fingerprint density at radius 3 is 2.67 bits per heavy atom. The zero-order valence-electron chi connectivity index (χ0n) is 8.69. The molecule has 0 radical (unpaired) electrons. The van der Waals surface area contributed by atoms with Gasteiger partial charge in [0.05, 0.1) is 12.6 Å². The molecule has 0 aromatic carbocycles. The number of carbonyl (C=O) groups excluding carboxylic acids is 1. The van der Waals surface area contributed by atoms with Crippen molar-refractivity contribution in [2.45, 2.75) is 38.1 Å². The van der Waals surface area contributed by atoms with Crippen LogP contribution in [0.15, 0.2) is 0 Å². The highest BCUT2D eigenvalue weighted by molar-refractivity contribution is 5.77. The first-order valence-corrected chi connectivity index (χ1v) is 5.27. The topological polar surface area (TPSA) is 77.8 Å². The molecule has 1 aliphatic rings. The Labute approximate surface area is 88.7 Å². The van der Waals surface area contributed by atoms with Gasteiger partial charge in [0.2, 0.25) is 5.91 Å². The highest BCUT2D eigenvalue weighted by Crippen LogP contribution is 2.18. The molecule has 0 aromatic rings. The number of nitrogens with zero attached hydrogens (tertiary/aromatic N) is 1. The Hall–Kier alpha value is -1.10. The van der Waals surface area contributed by atoms with E-state index >= 15 is 0 Å². The van der Waals surface area contributed by atoms with Gasteiger partial charge in [-0.1, -0.05) is 0 Å². The van der Waals surface area contributed by atoms with Crippen molar-refractivity contribution < 1.29 is 19.8 Å². The van der Waals surface area contributed by atoms with Crippen molar-refractivity contribution in [3.8, 4) is 0 Å². The first-order valence-electron chi connectivity index (χ1n) is 5.27. The molecule has 5 heteroatoms. The molecule has 86 valence electrons. The lowest BCUT2D eigenvalue weighted by molar-refractivity contribution is -0.137. The number of carbonyl (C=O) groups is 2. The SMILES string of the molecule is O=C(O)CCCC(=O)N1CCC[C@H]1CO. The van der Waals surface area contributed by atoms with Crippen LogP contribution in [-0.2, 0) is 9.59 Å². The Kier molecular flexibility index (Phi) is 4.55. The highest BCUT2D eigenvalue weighted by Gasteiger charge is 2.27. The molecule has 1 rings (SSSR count). The van der Waals surface area contributed by atoms with Crippen molar-refractivity contribution >= 4 is 11.9 Å². The number of hydrogen-bond donors (Lipinski definition) is 2. The summed E-state index contributed by atoms with van der Waals surface area (Å²) in [6.07, 6.45) is 2.45. The third-order valence-electron chi connectivity index (χ3n) is 2.69. The van der Waals surface area contributed by atoms with E-state index in [0.29, 0.717) is 13.0 Å². The molecule has 1 fully saturated rings. The van der Waals surface area contributed by atoms with E-state index in [1.807, 2.05) is 0 Å². The molecule has 0 spiro atoms. The first kappa shape index (κ1) is 12.0. The van der Waals surface area contributed by atoms with Gasteiger partial charge in [0.25, 0.3) is 0 Å². The van der Waals surface area contributed by atoms with E-state index in [-0.39, 0.29) is 31.4 Å². The summed E-state index contributed by atoms with van der Waals surface area (Å²) < 4.78 is 0. The Morgan fingerprint density at radius 1 is 1.33 bits per heavy atom. The number of amides is 1. The fourth-order valence-electron chi connectivity index (χ4n) is 1.89. The fraction of sp³-hybridized carbons (Fsp3) is 0.800. The average Bonchev–Trinajstić information content (AvgIpc) is 2.64. The lowest BCUT2D eigenvalue weighted by atomic mass is 10.2. The molecular formula is C10H17NO4. The molecule has 0 unspecified atom stereocenters. The summed E-state index contributed by atoms with van der Waals surface area (Å²) in [5.41, 5.74) is 0. The quantitative estimate of drug-likeness (QED) is 0.688. The number of carboxylic acids is 1. The van der Waals surface area contributed by atoms with Crippen LogP contribution < -0.4 is 0 Å². The predicted molar refractivity (Wildman–Crippen MR) is 53.3 cm³/mol. The zero-order chi connectivity index (χ0) is 11.3. The molecule has 0 aliphatic carbocycles. The van der Waals surface area contributed by atoms with Crippen LogP contribution in [0.2, 0.25) is 0 Å². The van der Waals surface area contributed by atoms with Gasteiger partial charge in [-0.05, 0) is 19.3 Å². The second kappa shape index (κ2) is 5.70. The smallest absolute Gasteiger partial charge is 0.303 e. The van der Waals surface area contributed by atoms with E-state index in [9.17, 15) is 9.59 Å². The molecule has 1 saturated heterocycles. The molecule has 0 aromatic heterocycles. The lowest BCUT2D eigenvalue weighted by Gasteiger charge is -2.22. The van der Waals surface area contributed by atoms with E-state index in [1.54, 1.807) is 4.90 Å². The van der Waals surface area contributed by atoms with Crippen LogP contribution in [0.5, 0.6) is 0 Å². The number of aliphatic carboxylic acids is 1. The average molecular weight is 215 g/mol. The Morgan fingerprint density at radius 2 is 2.07 bits per heavy atom. The third kappa shape index (κ3) is 3.51. The van der Waals surface area contributed by atoms with Gasteiger partial charge in [-0.25, -0.2) is 0 Å². The maximum absolute atomic E-state index is 11.6. The van der Waals surface area contributed by atoms with Crippen molar-refractivity contribution in [1.82, 2.24) is 4.90 Å². The molecule has 1 amide bonds. The molecular weight excluding hydrogens is 198 g/mol. The van der Waals surface area contributed by atoms with Gasteiger partial charge in [-0.2, -0.15) is 0 Å². The van der Waals surface area contributed by atoms with E-state index in [2.05, 4.69) is 0 Å². The maximum atomic E-state index is 11.6. The highest BCUT2D eigenvalue weighted by atomic mass is 16.4. The second-order valence-electron chi connectivity index (χ2n) is 3.81. The van der Waals surface area contributed by atoms with Gasteiger partial charge < -0.3 is 15.1 Å². The predicted octanol–water partition coefficient (Wildman–Crippen LogP) is 0.225. The minimum absolute atomic E-state index is 0.00463. The molecule has 1 aliphatic heterocycles. The standard InChI is InChI=1S/C10H17NO4/c12-7-8-3-2-6-11(8)9(13)4-1-5-10(14)15/h8,12H,1-7H2,(H,14,15)/t8-/m0/s1. The van der Waals surface area contributed by atoms with Gasteiger partial charge in [0.1, 0.15) is 0 Å². The molecule has 1 atom stereocenters. The number of carboxylic acid groups (broad SMARTS) is 1. The third-order valence-corrected chi connectivity index (χ3v) is 2.69. The van der Waals surface area contributed by atoms with E-state index in [4.69, 9.17) is 10.2 Å². The molecule has 0 bridgehead atoms. The molecule has 0 saturated carbocycles. The number of likely N-dealkylation sites (tertiary alicyclic amines) is 1. The van der Waals surface area contributed by atoms with E-state index in [0.717, 1.165) is 12.8 Å². The van der Waals surface area contributed by atoms with Crippen LogP contribution >= 0.6 is 0 Å². The van der Waals surface area contributed by atoms with Crippen LogP contribution in [0.1, 0.15) is 32.1 Å². The summed E-state index contributed by atoms with van der Waals surface area (Å²) in [4.78, 5) is 23.5. The molecule has 1 heterocycles. The van der Waals surface area contributed by atoms with Crippen molar-refractivity contribution in [3.63, 3.8) is 0 Å². The van der Waals surface area contributed by atoms with Crippen molar-refractivity contribution in [2.75, 3.05) is 13.2 Å². The van der Waals surface area contributed by atoms with Gasteiger partial charge in [-0.3, -0.25) is 9.59 Å². The van der Waals surface area contributed by atoms with Gasteiger partial charge in [0, 0.05) is 19.4 Å². The Balaban J connectivity index is 2.29. The largest absolute Gasteiger partial charge is 0.481 e. The molecule has 2 N–H and O–H groups in total. The minimum atomic E-state index is -0.872. The van der Waals surface area contributed by atoms with Crippen LogP contribution in [-0.4, -0.2) is 46.2 Å². The minimum Gasteiger partial charge on any atom is -0.481 e. The number of aliphatic hydroxyl groups is 1. The first-order chi connectivity index (χ1) is 7.15. The van der Waals surface area contributed by atoms with Crippen LogP contribution in [0.3, 0.4) is 0 Å². The van der Waals surface area contributed by atoms with Crippen LogP contribution in [0, 0.1) is 0 Å². The van der Waals surface area contributed by atoms with E-state index in [1.165, 1.54) is 0 Å². The van der Waals surface area contributed by atoms with Gasteiger partial charge in [-0.15, -0.1) is 0 Å². The number of hydrogen-bond acceptors (Lipinski definition) is 3. The summed E-state index contributed by atoms with van der Waals surface area (Å²) in [6.45, 7) is 0.696. The normalized spacial score (nSPS) is 20.6. The monoisotopic (exact) mass is 215 g/mol. The van der Waals surface area contributed by atoms with E-state index < -0.39 is 5.97 Å². The second-order valence-corrected chi connectivity index (χ2v) is 3.81.